The molecule has 16 heavy (non-hydrogen) atoms. The van der Waals surface area contributed by atoms with Crippen LogP contribution in [0.3, 0.4) is 0 Å². The van der Waals surface area contributed by atoms with E-state index in [0.717, 1.165) is 19.5 Å². The zero-order valence-corrected chi connectivity index (χ0v) is 10.5. The number of hydrogen-bond donors (Lipinski definition) is 1. The Bertz CT molecular complexity index is 424. The molecular formula is C12H17N3S. The molecule has 2 aliphatic heterocycles. The van der Waals surface area contributed by atoms with Crippen molar-refractivity contribution in [2.24, 2.45) is 11.0 Å². The maximum Gasteiger partial charge on any atom is 0.0877 e. The van der Waals surface area contributed by atoms with Crippen LogP contribution in [0.25, 0.3) is 0 Å². The highest BCUT2D eigenvalue weighted by Gasteiger charge is 2.37. The molecular weight excluding hydrogens is 218 g/mol. The van der Waals surface area contributed by atoms with Crippen LogP contribution in [-0.4, -0.2) is 30.7 Å². The lowest BCUT2D eigenvalue weighted by Gasteiger charge is -2.30. The SMILES string of the molecule is Cc1ccsc1C1NN=C2CCN(C)CC21. The van der Waals surface area contributed by atoms with Gasteiger partial charge in [0.1, 0.15) is 0 Å². The summed E-state index contributed by atoms with van der Waals surface area (Å²) in [5.41, 5.74) is 6.10. The zero-order valence-electron chi connectivity index (χ0n) is 9.73. The normalized spacial score (nSPS) is 29.8. The molecule has 0 amide bonds. The first-order valence-electron chi connectivity index (χ1n) is 5.80. The highest BCUT2D eigenvalue weighted by Crippen LogP contribution is 2.35. The third-order valence-electron chi connectivity index (χ3n) is 3.62. The van der Waals surface area contributed by atoms with Gasteiger partial charge in [0.05, 0.1) is 6.04 Å². The summed E-state index contributed by atoms with van der Waals surface area (Å²) in [5, 5.41) is 6.69. The second-order valence-electron chi connectivity index (χ2n) is 4.80. The van der Waals surface area contributed by atoms with E-state index in [4.69, 9.17) is 0 Å². The Morgan fingerprint density at radius 2 is 2.44 bits per heavy atom. The molecule has 1 fully saturated rings. The minimum atomic E-state index is 0.415. The molecule has 3 rings (SSSR count). The van der Waals surface area contributed by atoms with Crippen molar-refractivity contribution >= 4 is 17.0 Å². The lowest BCUT2D eigenvalue weighted by molar-refractivity contribution is 0.273. The fourth-order valence-corrected chi connectivity index (χ4v) is 3.68. The molecule has 2 unspecified atom stereocenters. The van der Waals surface area contributed by atoms with E-state index >= 15 is 0 Å². The van der Waals surface area contributed by atoms with E-state index in [2.05, 4.69) is 40.8 Å². The molecule has 2 atom stereocenters. The molecule has 0 aromatic carbocycles. The van der Waals surface area contributed by atoms with Crippen LogP contribution >= 0.6 is 11.3 Å². The van der Waals surface area contributed by atoms with Crippen LogP contribution in [0.15, 0.2) is 16.5 Å². The van der Waals surface area contributed by atoms with Crippen molar-refractivity contribution in [1.82, 2.24) is 10.3 Å². The fourth-order valence-electron chi connectivity index (χ4n) is 2.65. The Hall–Kier alpha value is -0.870. The summed E-state index contributed by atoms with van der Waals surface area (Å²) < 4.78 is 0. The van der Waals surface area contributed by atoms with Crippen LogP contribution in [0.4, 0.5) is 0 Å². The summed E-state index contributed by atoms with van der Waals surface area (Å²) >= 11 is 1.85. The summed E-state index contributed by atoms with van der Waals surface area (Å²) in [7, 11) is 2.20. The van der Waals surface area contributed by atoms with Crippen molar-refractivity contribution in [1.29, 1.82) is 0 Å². The van der Waals surface area contributed by atoms with Gasteiger partial charge >= 0.3 is 0 Å². The van der Waals surface area contributed by atoms with Crippen molar-refractivity contribution in [3.63, 3.8) is 0 Å². The summed E-state index contributed by atoms with van der Waals surface area (Å²) in [6.45, 7) is 4.47. The number of fused-ring (bicyclic) bond motifs is 1. The lowest BCUT2D eigenvalue weighted by atomic mass is 9.89. The van der Waals surface area contributed by atoms with E-state index in [1.165, 1.54) is 16.2 Å². The molecule has 3 heterocycles. The van der Waals surface area contributed by atoms with Gasteiger partial charge in [-0.25, -0.2) is 0 Å². The summed E-state index contributed by atoms with van der Waals surface area (Å²) in [6.07, 6.45) is 1.12. The molecule has 3 nitrogen and oxygen atoms in total. The molecule has 86 valence electrons. The number of aryl methyl sites for hydroxylation is 1. The minimum absolute atomic E-state index is 0.415. The van der Waals surface area contributed by atoms with E-state index in [9.17, 15) is 0 Å². The molecule has 2 aliphatic rings. The number of hydrogen-bond acceptors (Lipinski definition) is 4. The van der Waals surface area contributed by atoms with Crippen molar-refractivity contribution in [3.8, 4) is 0 Å². The standard InChI is InChI=1S/C12H17N3S/c1-8-4-6-16-12(8)11-9-7-15(2)5-3-10(9)13-14-11/h4,6,9,11,14H,3,5,7H2,1-2H3. The second-order valence-corrected chi connectivity index (χ2v) is 5.74. The van der Waals surface area contributed by atoms with Gasteiger partial charge in [-0.15, -0.1) is 11.3 Å². The minimum Gasteiger partial charge on any atom is -0.305 e. The lowest BCUT2D eigenvalue weighted by Crippen LogP contribution is -2.39. The molecule has 0 bridgehead atoms. The Morgan fingerprint density at radius 3 is 3.19 bits per heavy atom. The summed E-state index contributed by atoms with van der Waals surface area (Å²) in [6, 6.07) is 2.62. The van der Waals surface area contributed by atoms with Gasteiger partial charge in [0.2, 0.25) is 0 Å². The van der Waals surface area contributed by atoms with Gasteiger partial charge < -0.3 is 10.3 Å². The molecule has 1 saturated heterocycles. The van der Waals surface area contributed by atoms with Crippen molar-refractivity contribution < 1.29 is 0 Å². The Morgan fingerprint density at radius 1 is 1.56 bits per heavy atom. The predicted molar refractivity (Wildman–Crippen MR) is 68.0 cm³/mol. The highest BCUT2D eigenvalue weighted by molar-refractivity contribution is 7.10. The van der Waals surface area contributed by atoms with E-state index in [1.807, 2.05) is 11.3 Å². The van der Waals surface area contributed by atoms with Gasteiger partial charge in [-0.3, -0.25) is 0 Å². The first-order chi connectivity index (χ1) is 7.75. The smallest absolute Gasteiger partial charge is 0.0877 e. The fraction of sp³-hybridized carbons (Fsp3) is 0.583. The van der Waals surface area contributed by atoms with Crippen LogP contribution in [0, 0.1) is 12.8 Å². The summed E-state index contributed by atoms with van der Waals surface area (Å²) in [4.78, 5) is 3.87. The monoisotopic (exact) mass is 235 g/mol. The second kappa shape index (κ2) is 3.86. The molecule has 0 radical (unpaired) electrons. The maximum atomic E-state index is 4.52. The van der Waals surface area contributed by atoms with Gasteiger partial charge in [0.15, 0.2) is 0 Å². The van der Waals surface area contributed by atoms with Gasteiger partial charge in [0.25, 0.3) is 0 Å². The first-order valence-corrected chi connectivity index (χ1v) is 6.68. The van der Waals surface area contributed by atoms with E-state index in [-0.39, 0.29) is 0 Å². The van der Waals surface area contributed by atoms with Crippen LogP contribution in [0.2, 0.25) is 0 Å². The number of nitrogens with one attached hydrogen (secondary N) is 1. The third-order valence-corrected chi connectivity index (χ3v) is 4.72. The molecule has 1 aromatic heterocycles. The van der Waals surface area contributed by atoms with E-state index in [0.29, 0.717) is 12.0 Å². The predicted octanol–water partition coefficient (Wildman–Crippen LogP) is 2.01. The van der Waals surface area contributed by atoms with Crippen molar-refractivity contribution in [2.75, 3.05) is 20.1 Å². The maximum absolute atomic E-state index is 4.52. The molecule has 0 spiro atoms. The Kier molecular flexibility index (Phi) is 2.48. The largest absolute Gasteiger partial charge is 0.305 e. The topological polar surface area (TPSA) is 27.6 Å². The molecule has 1 N–H and O–H groups in total. The van der Waals surface area contributed by atoms with Gasteiger partial charge in [-0.05, 0) is 31.0 Å². The van der Waals surface area contributed by atoms with E-state index < -0.39 is 0 Å². The van der Waals surface area contributed by atoms with E-state index in [1.54, 1.807) is 0 Å². The number of piperidine rings is 1. The average Bonchev–Trinajstić information content (AvgIpc) is 2.83. The average molecular weight is 235 g/mol. The zero-order chi connectivity index (χ0) is 11.1. The highest BCUT2D eigenvalue weighted by atomic mass is 32.1. The Labute approximate surface area is 100 Å². The van der Waals surface area contributed by atoms with Crippen LogP contribution in [0.1, 0.15) is 22.9 Å². The number of thiophene rings is 1. The number of likely N-dealkylation sites (tertiary alicyclic amines) is 1. The van der Waals surface area contributed by atoms with Crippen molar-refractivity contribution in [3.05, 3.63) is 21.9 Å². The number of nitrogens with zero attached hydrogens (tertiary/aromatic N) is 2. The van der Waals surface area contributed by atoms with Crippen molar-refractivity contribution in [2.45, 2.75) is 19.4 Å². The number of hydrazone groups is 1. The molecule has 0 aliphatic carbocycles. The quantitative estimate of drug-likeness (QED) is 0.806. The van der Waals surface area contributed by atoms with Crippen LogP contribution < -0.4 is 5.43 Å². The van der Waals surface area contributed by atoms with Crippen LogP contribution in [0.5, 0.6) is 0 Å². The molecule has 1 aromatic rings. The van der Waals surface area contributed by atoms with Gasteiger partial charge in [0, 0.05) is 36.0 Å². The van der Waals surface area contributed by atoms with Gasteiger partial charge in [-0.1, -0.05) is 0 Å². The first kappa shape index (κ1) is 10.3. The molecule has 0 saturated carbocycles. The number of rotatable bonds is 1. The summed E-state index contributed by atoms with van der Waals surface area (Å²) in [5.74, 6) is 0.580. The molecule has 4 heteroatoms. The third kappa shape index (κ3) is 1.57. The van der Waals surface area contributed by atoms with Crippen LogP contribution in [-0.2, 0) is 0 Å². The Balaban J connectivity index is 1.87. The van der Waals surface area contributed by atoms with Gasteiger partial charge in [-0.2, -0.15) is 5.10 Å².